The molecule has 0 bridgehead atoms. The third kappa shape index (κ3) is 4.18. The topological polar surface area (TPSA) is 95.2 Å². The number of pyridine rings is 1. The third-order valence-corrected chi connectivity index (χ3v) is 8.15. The Hall–Kier alpha value is -3.91. The first kappa shape index (κ1) is 22.5. The standard InChI is InChI=1S/C28H27N5O2S/c34-26(25-24(12-16-36-25)30-17-18-11-15-29-21-6-2-1-5-20(18)21)31-19-9-13-28(14-10-19)27(35)32-22-7-3-4-8-23(22)33-28/h1-8,11-12,15-16,19,30,33H,9-10,13-14,17H2,(H,31,34)(H,32,35)/t19-,28-. The molecule has 182 valence electrons. The van der Waals surface area contributed by atoms with Gasteiger partial charge in [-0.2, -0.15) is 0 Å². The molecule has 0 saturated heterocycles. The average Bonchev–Trinajstić information content (AvgIpc) is 3.38. The summed E-state index contributed by atoms with van der Waals surface area (Å²) >= 11 is 1.44. The zero-order valence-electron chi connectivity index (χ0n) is 19.7. The van der Waals surface area contributed by atoms with Gasteiger partial charge in [-0.15, -0.1) is 11.3 Å². The summed E-state index contributed by atoms with van der Waals surface area (Å²) < 4.78 is 0. The van der Waals surface area contributed by atoms with E-state index in [-0.39, 0.29) is 17.9 Å². The molecule has 1 saturated carbocycles. The van der Waals surface area contributed by atoms with E-state index >= 15 is 0 Å². The van der Waals surface area contributed by atoms with Crippen LogP contribution in [-0.4, -0.2) is 28.4 Å². The maximum absolute atomic E-state index is 13.2. The highest BCUT2D eigenvalue weighted by Crippen LogP contribution is 2.39. The lowest BCUT2D eigenvalue weighted by atomic mass is 9.77. The summed E-state index contributed by atoms with van der Waals surface area (Å²) in [4.78, 5) is 31.2. The van der Waals surface area contributed by atoms with E-state index in [1.54, 1.807) is 0 Å². The Bertz CT molecular complexity index is 1440. The van der Waals surface area contributed by atoms with Gasteiger partial charge in [-0.05, 0) is 67.0 Å². The molecule has 1 aliphatic carbocycles. The molecule has 2 aromatic carbocycles. The van der Waals surface area contributed by atoms with Gasteiger partial charge in [0.25, 0.3) is 5.91 Å². The van der Waals surface area contributed by atoms with Gasteiger partial charge in [0.1, 0.15) is 10.4 Å². The fourth-order valence-corrected chi connectivity index (χ4v) is 6.01. The molecule has 2 amide bonds. The summed E-state index contributed by atoms with van der Waals surface area (Å²) in [6, 6.07) is 19.8. The maximum atomic E-state index is 13.2. The zero-order valence-corrected chi connectivity index (χ0v) is 20.5. The van der Waals surface area contributed by atoms with Crippen LogP contribution < -0.4 is 21.3 Å². The van der Waals surface area contributed by atoms with Crippen molar-refractivity contribution in [1.29, 1.82) is 0 Å². The number of hydrogen-bond donors (Lipinski definition) is 4. The predicted octanol–water partition coefficient (Wildman–Crippen LogP) is 5.38. The van der Waals surface area contributed by atoms with E-state index in [0.717, 1.165) is 46.4 Å². The third-order valence-electron chi connectivity index (χ3n) is 7.24. The Balaban J connectivity index is 1.09. The molecule has 8 heteroatoms. The van der Waals surface area contributed by atoms with E-state index in [0.29, 0.717) is 24.3 Å². The number of anilines is 3. The van der Waals surface area contributed by atoms with Crippen molar-refractivity contribution in [3.8, 4) is 0 Å². The zero-order chi connectivity index (χ0) is 24.5. The molecule has 4 N–H and O–H groups in total. The fraction of sp³-hybridized carbons (Fsp3) is 0.250. The first-order valence-electron chi connectivity index (χ1n) is 12.2. The van der Waals surface area contributed by atoms with Gasteiger partial charge in [0.15, 0.2) is 0 Å². The molecule has 1 fully saturated rings. The Morgan fingerprint density at radius 2 is 1.81 bits per heavy atom. The Kier molecular flexibility index (Phi) is 5.81. The van der Waals surface area contributed by atoms with Crippen molar-refractivity contribution in [3.63, 3.8) is 0 Å². The highest BCUT2D eigenvalue weighted by molar-refractivity contribution is 7.12. The molecule has 1 aliphatic heterocycles. The number of fused-ring (bicyclic) bond motifs is 2. The van der Waals surface area contributed by atoms with Crippen molar-refractivity contribution >= 4 is 51.1 Å². The van der Waals surface area contributed by atoms with Crippen molar-refractivity contribution in [2.24, 2.45) is 0 Å². The van der Waals surface area contributed by atoms with Gasteiger partial charge in [-0.25, -0.2) is 0 Å². The molecule has 1 spiro atoms. The van der Waals surface area contributed by atoms with Crippen LogP contribution >= 0.6 is 11.3 Å². The monoisotopic (exact) mass is 497 g/mol. The number of rotatable bonds is 5. The molecular formula is C28H27N5O2S. The number of carbonyl (C=O) groups is 2. The van der Waals surface area contributed by atoms with Crippen LogP contribution in [-0.2, 0) is 11.3 Å². The number of para-hydroxylation sites is 3. The first-order valence-corrected chi connectivity index (χ1v) is 13.1. The van der Waals surface area contributed by atoms with Gasteiger partial charge >= 0.3 is 0 Å². The van der Waals surface area contributed by atoms with Crippen molar-refractivity contribution < 1.29 is 9.59 Å². The van der Waals surface area contributed by atoms with Crippen molar-refractivity contribution in [1.82, 2.24) is 10.3 Å². The highest BCUT2D eigenvalue weighted by atomic mass is 32.1. The van der Waals surface area contributed by atoms with E-state index in [4.69, 9.17) is 0 Å². The summed E-state index contributed by atoms with van der Waals surface area (Å²) in [5.74, 6) is -0.0567. The number of nitrogens with one attached hydrogen (secondary N) is 4. The van der Waals surface area contributed by atoms with Crippen LogP contribution in [0.4, 0.5) is 17.1 Å². The second-order valence-electron chi connectivity index (χ2n) is 9.46. The summed E-state index contributed by atoms with van der Waals surface area (Å²) in [7, 11) is 0. The van der Waals surface area contributed by atoms with E-state index < -0.39 is 5.54 Å². The van der Waals surface area contributed by atoms with Crippen LogP contribution in [0.15, 0.2) is 72.2 Å². The van der Waals surface area contributed by atoms with Crippen LogP contribution in [0.25, 0.3) is 10.9 Å². The van der Waals surface area contributed by atoms with Gasteiger partial charge in [-0.1, -0.05) is 30.3 Å². The Labute approximate surface area is 213 Å². The second-order valence-corrected chi connectivity index (χ2v) is 10.4. The van der Waals surface area contributed by atoms with Gasteiger partial charge in [0.05, 0.1) is 22.6 Å². The van der Waals surface area contributed by atoms with Crippen molar-refractivity contribution in [3.05, 3.63) is 82.7 Å². The van der Waals surface area contributed by atoms with E-state index in [1.165, 1.54) is 11.3 Å². The molecule has 36 heavy (non-hydrogen) atoms. The minimum Gasteiger partial charge on any atom is -0.380 e. The highest BCUT2D eigenvalue weighted by Gasteiger charge is 2.44. The lowest BCUT2D eigenvalue weighted by Gasteiger charge is -2.43. The van der Waals surface area contributed by atoms with E-state index in [2.05, 4.69) is 32.3 Å². The van der Waals surface area contributed by atoms with Crippen molar-refractivity contribution in [2.75, 3.05) is 16.0 Å². The lowest BCUT2D eigenvalue weighted by Crippen LogP contribution is -2.56. The first-order chi connectivity index (χ1) is 17.6. The second kappa shape index (κ2) is 9.28. The molecule has 2 aliphatic rings. The maximum Gasteiger partial charge on any atom is 0.263 e. The molecular weight excluding hydrogens is 470 g/mol. The van der Waals surface area contributed by atoms with Crippen LogP contribution in [0.5, 0.6) is 0 Å². The molecule has 0 radical (unpaired) electrons. The number of carbonyl (C=O) groups excluding carboxylic acids is 2. The van der Waals surface area contributed by atoms with Gasteiger partial charge in [0.2, 0.25) is 5.91 Å². The van der Waals surface area contributed by atoms with Crippen LogP contribution in [0.3, 0.4) is 0 Å². The normalized spacial score (nSPS) is 20.9. The quantitative estimate of drug-likeness (QED) is 0.297. The number of aromatic nitrogens is 1. The van der Waals surface area contributed by atoms with Crippen LogP contribution in [0.1, 0.15) is 40.9 Å². The molecule has 4 aromatic rings. The summed E-state index contributed by atoms with van der Waals surface area (Å²) in [6.07, 6.45) is 4.64. The minimum atomic E-state index is -0.613. The Morgan fingerprint density at radius 1 is 1.03 bits per heavy atom. The van der Waals surface area contributed by atoms with Gasteiger partial charge < -0.3 is 21.3 Å². The van der Waals surface area contributed by atoms with Gasteiger partial charge in [-0.3, -0.25) is 14.6 Å². The fourth-order valence-electron chi connectivity index (χ4n) is 5.24. The number of nitrogens with zero attached hydrogens (tertiary/aromatic N) is 1. The Morgan fingerprint density at radius 3 is 2.67 bits per heavy atom. The molecule has 0 atom stereocenters. The van der Waals surface area contributed by atoms with E-state index in [9.17, 15) is 9.59 Å². The number of benzene rings is 2. The summed E-state index contributed by atoms with van der Waals surface area (Å²) in [5.41, 5.74) is 4.08. The van der Waals surface area contributed by atoms with Gasteiger partial charge in [0, 0.05) is 24.2 Å². The molecule has 7 nitrogen and oxygen atoms in total. The van der Waals surface area contributed by atoms with Crippen LogP contribution in [0, 0.1) is 0 Å². The number of hydrogen-bond acceptors (Lipinski definition) is 6. The average molecular weight is 498 g/mol. The molecule has 0 unspecified atom stereocenters. The number of amides is 2. The summed E-state index contributed by atoms with van der Waals surface area (Å²) in [6.45, 7) is 0.605. The minimum absolute atomic E-state index is 0.0133. The predicted molar refractivity (Wildman–Crippen MR) is 145 cm³/mol. The molecule has 2 aromatic heterocycles. The van der Waals surface area contributed by atoms with Crippen LogP contribution in [0.2, 0.25) is 0 Å². The number of thiophene rings is 1. The molecule has 6 rings (SSSR count). The SMILES string of the molecule is O=C(N[C@H]1CC[C@@]2(CC1)Nc1ccccc1NC2=O)c1sccc1NCc1ccnc2ccccc12. The summed E-state index contributed by atoms with van der Waals surface area (Å²) in [5, 5.41) is 16.2. The molecule has 3 heterocycles. The van der Waals surface area contributed by atoms with E-state index in [1.807, 2.05) is 66.2 Å². The lowest BCUT2D eigenvalue weighted by molar-refractivity contribution is -0.121. The smallest absolute Gasteiger partial charge is 0.263 e. The van der Waals surface area contributed by atoms with Crippen molar-refractivity contribution in [2.45, 2.75) is 43.8 Å². The largest absolute Gasteiger partial charge is 0.380 e.